The van der Waals surface area contributed by atoms with Crippen LogP contribution in [0.2, 0.25) is 0 Å². The van der Waals surface area contributed by atoms with Gasteiger partial charge in [-0.1, -0.05) is 0 Å². The van der Waals surface area contributed by atoms with E-state index in [0.29, 0.717) is 5.76 Å². The normalized spacial score (nSPS) is 32.0. The van der Waals surface area contributed by atoms with E-state index in [9.17, 15) is 30.0 Å². The number of ether oxygens (including phenoxy) is 1. The van der Waals surface area contributed by atoms with Crippen LogP contribution in [0.4, 0.5) is 0 Å². The molecule has 8 heteroatoms. The fourth-order valence-corrected chi connectivity index (χ4v) is 2.32. The zero-order valence-corrected chi connectivity index (χ0v) is 11.5. The van der Waals surface area contributed by atoms with Crippen LogP contribution in [0, 0.1) is 0 Å². The molecule has 0 spiro atoms. The predicted octanol–water partition coefficient (Wildman–Crippen LogP) is -0.464. The Balaban J connectivity index is 2.12. The van der Waals surface area contributed by atoms with E-state index in [0.717, 1.165) is 6.08 Å². The number of hydrogen-bond donors (Lipinski definition) is 4. The highest BCUT2D eigenvalue weighted by molar-refractivity contribution is 5.90. The molecule has 4 N–H and O–H groups in total. The van der Waals surface area contributed by atoms with E-state index in [1.165, 1.54) is 12.3 Å². The Labute approximate surface area is 125 Å². The fourth-order valence-electron chi connectivity index (χ4n) is 2.32. The first kappa shape index (κ1) is 16.2. The molecule has 0 aliphatic heterocycles. The third-order valence-corrected chi connectivity index (χ3v) is 3.48. The van der Waals surface area contributed by atoms with Crippen molar-refractivity contribution in [2.24, 2.45) is 0 Å². The second kappa shape index (κ2) is 6.30. The fraction of sp³-hybridized carbons (Fsp3) is 0.429. The molecule has 0 radical (unpaired) electrons. The minimum atomic E-state index is -2.09. The van der Waals surface area contributed by atoms with Crippen molar-refractivity contribution in [2.45, 2.75) is 36.8 Å². The number of carbonyl (C=O) groups is 2. The van der Waals surface area contributed by atoms with Crippen LogP contribution >= 0.6 is 0 Å². The number of rotatable bonds is 4. The van der Waals surface area contributed by atoms with Crippen molar-refractivity contribution in [1.82, 2.24) is 0 Å². The molecule has 22 heavy (non-hydrogen) atoms. The van der Waals surface area contributed by atoms with Crippen molar-refractivity contribution in [3.63, 3.8) is 0 Å². The molecule has 0 amide bonds. The maximum atomic E-state index is 11.8. The summed E-state index contributed by atoms with van der Waals surface area (Å²) in [4.78, 5) is 23.2. The quantitative estimate of drug-likeness (QED) is 0.433. The van der Waals surface area contributed by atoms with E-state index in [1.807, 2.05) is 0 Å². The zero-order valence-electron chi connectivity index (χ0n) is 11.5. The van der Waals surface area contributed by atoms with Crippen molar-refractivity contribution in [3.05, 3.63) is 30.2 Å². The Kier molecular flexibility index (Phi) is 4.65. The highest BCUT2D eigenvalue weighted by atomic mass is 16.6. The number of carboxylic acids is 1. The van der Waals surface area contributed by atoms with E-state index in [2.05, 4.69) is 0 Å². The van der Waals surface area contributed by atoms with Gasteiger partial charge in [-0.15, -0.1) is 0 Å². The molecule has 1 heterocycles. The Morgan fingerprint density at radius 1 is 1.27 bits per heavy atom. The zero-order chi connectivity index (χ0) is 16.3. The van der Waals surface area contributed by atoms with Gasteiger partial charge in [-0.05, 0) is 18.2 Å². The Bertz CT molecular complexity index is 549. The lowest BCUT2D eigenvalue weighted by molar-refractivity contribution is -0.201. The molecule has 1 saturated carbocycles. The van der Waals surface area contributed by atoms with Gasteiger partial charge in [-0.25, -0.2) is 9.59 Å². The average molecular weight is 312 g/mol. The summed E-state index contributed by atoms with van der Waals surface area (Å²) in [5.41, 5.74) is -2.09. The van der Waals surface area contributed by atoms with Crippen molar-refractivity contribution < 1.29 is 39.2 Å². The number of aliphatic hydroxyl groups excluding tert-OH is 3. The topological polar surface area (TPSA) is 137 Å². The molecule has 1 aromatic heterocycles. The van der Waals surface area contributed by atoms with Crippen LogP contribution in [0.1, 0.15) is 18.6 Å². The van der Waals surface area contributed by atoms with Gasteiger partial charge in [0.1, 0.15) is 11.9 Å². The van der Waals surface area contributed by atoms with E-state index < -0.39 is 48.7 Å². The van der Waals surface area contributed by atoms with Gasteiger partial charge in [-0.3, -0.25) is 0 Å². The monoisotopic (exact) mass is 312 g/mol. The molecule has 1 aromatic rings. The first-order valence-electron chi connectivity index (χ1n) is 6.56. The molecule has 1 aliphatic rings. The van der Waals surface area contributed by atoms with Gasteiger partial charge in [-0.2, -0.15) is 0 Å². The van der Waals surface area contributed by atoms with E-state index in [4.69, 9.17) is 9.15 Å². The highest BCUT2D eigenvalue weighted by Crippen LogP contribution is 2.33. The number of carbonyl (C=O) groups excluding carboxylic acids is 1. The Morgan fingerprint density at radius 3 is 2.41 bits per heavy atom. The third kappa shape index (κ3) is 3.35. The standard InChI is InChI=1S/C14H16O8/c15-9-6-14(13(19)20,7-10(16)12(9)18)22-11(17)4-3-8-2-1-5-21-8/h1-5,9-10,12,15-16,18H,6-7H2,(H,19,20)/b4-3+/t9-,10-,12?,14?/m1/s1. The molecule has 0 saturated heterocycles. The SMILES string of the molecule is O=C(/C=C/c1ccco1)OC1(C(=O)O)C[C@@H](O)C(O)[C@H](O)C1. The molecule has 8 nitrogen and oxygen atoms in total. The van der Waals surface area contributed by atoms with Gasteiger partial charge in [0.15, 0.2) is 0 Å². The Morgan fingerprint density at radius 2 is 1.91 bits per heavy atom. The molecule has 2 atom stereocenters. The van der Waals surface area contributed by atoms with Crippen molar-refractivity contribution in [3.8, 4) is 0 Å². The third-order valence-electron chi connectivity index (χ3n) is 3.48. The summed E-state index contributed by atoms with van der Waals surface area (Å²) in [6.45, 7) is 0. The van der Waals surface area contributed by atoms with Gasteiger partial charge in [0.05, 0.1) is 18.5 Å². The number of aliphatic hydroxyl groups is 3. The van der Waals surface area contributed by atoms with Crippen LogP contribution in [0.3, 0.4) is 0 Å². The molecule has 1 aliphatic carbocycles. The lowest BCUT2D eigenvalue weighted by atomic mass is 9.79. The number of furan rings is 1. The van der Waals surface area contributed by atoms with Crippen molar-refractivity contribution in [2.75, 3.05) is 0 Å². The summed E-state index contributed by atoms with van der Waals surface area (Å²) in [7, 11) is 0. The molecule has 2 rings (SSSR count). The van der Waals surface area contributed by atoms with Gasteiger partial charge in [0.25, 0.3) is 0 Å². The number of hydrogen-bond acceptors (Lipinski definition) is 7. The first-order valence-corrected chi connectivity index (χ1v) is 6.56. The van der Waals surface area contributed by atoms with Crippen molar-refractivity contribution in [1.29, 1.82) is 0 Å². The number of esters is 1. The maximum Gasteiger partial charge on any atom is 0.348 e. The second-order valence-corrected chi connectivity index (χ2v) is 5.10. The molecule has 0 aromatic carbocycles. The maximum absolute atomic E-state index is 11.8. The molecule has 0 unspecified atom stereocenters. The summed E-state index contributed by atoms with van der Waals surface area (Å²) in [5.74, 6) is -2.09. The minimum absolute atomic E-state index is 0.375. The van der Waals surface area contributed by atoms with E-state index >= 15 is 0 Å². The molecule has 0 bridgehead atoms. The lowest BCUT2D eigenvalue weighted by Crippen LogP contribution is -2.57. The van der Waals surface area contributed by atoms with Gasteiger partial charge >= 0.3 is 11.9 Å². The van der Waals surface area contributed by atoms with Crippen LogP contribution in [-0.2, 0) is 14.3 Å². The van der Waals surface area contributed by atoms with Crippen molar-refractivity contribution >= 4 is 18.0 Å². The summed E-state index contributed by atoms with van der Waals surface area (Å²) >= 11 is 0. The second-order valence-electron chi connectivity index (χ2n) is 5.10. The molecular formula is C14H16O8. The Hall–Kier alpha value is -2.16. The van der Waals surface area contributed by atoms with Crippen LogP contribution in [0.25, 0.3) is 6.08 Å². The lowest BCUT2D eigenvalue weighted by Gasteiger charge is -2.39. The molecule has 1 fully saturated rings. The summed E-state index contributed by atoms with van der Waals surface area (Å²) < 4.78 is 9.90. The van der Waals surface area contributed by atoms with Crippen LogP contribution in [-0.4, -0.2) is 56.3 Å². The highest BCUT2D eigenvalue weighted by Gasteiger charge is 2.52. The minimum Gasteiger partial charge on any atom is -0.478 e. The van der Waals surface area contributed by atoms with Crippen LogP contribution < -0.4 is 0 Å². The smallest absolute Gasteiger partial charge is 0.348 e. The van der Waals surface area contributed by atoms with Crippen LogP contribution in [0.15, 0.2) is 28.9 Å². The number of aliphatic carboxylic acids is 1. The number of carboxylic acid groups (broad SMARTS) is 1. The van der Waals surface area contributed by atoms with Gasteiger partial charge in [0.2, 0.25) is 5.60 Å². The van der Waals surface area contributed by atoms with E-state index in [1.54, 1.807) is 12.1 Å². The summed E-state index contributed by atoms with van der Waals surface area (Å²) in [6, 6.07) is 3.19. The first-order chi connectivity index (χ1) is 10.3. The summed E-state index contributed by atoms with van der Waals surface area (Å²) in [6.07, 6.45) is -1.86. The van der Waals surface area contributed by atoms with E-state index in [-0.39, 0.29) is 0 Å². The van der Waals surface area contributed by atoms with Gasteiger partial charge < -0.3 is 29.6 Å². The summed E-state index contributed by atoms with van der Waals surface area (Å²) in [5, 5.41) is 38.0. The average Bonchev–Trinajstić information content (AvgIpc) is 2.95. The molecule has 120 valence electrons. The largest absolute Gasteiger partial charge is 0.478 e. The predicted molar refractivity (Wildman–Crippen MR) is 71.5 cm³/mol. The van der Waals surface area contributed by atoms with Crippen LogP contribution in [0.5, 0.6) is 0 Å². The van der Waals surface area contributed by atoms with Gasteiger partial charge in [0, 0.05) is 18.9 Å². The molecular weight excluding hydrogens is 296 g/mol.